The summed E-state index contributed by atoms with van der Waals surface area (Å²) in [6.45, 7) is 2.11. The van der Waals surface area contributed by atoms with Crippen LogP contribution in [0.25, 0.3) is 11.4 Å². The second-order valence-electron chi connectivity index (χ2n) is 5.87. The molecule has 26 heavy (non-hydrogen) atoms. The highest BCUT2D eigenvalue weighted by Gasteiger charge is 2.15. The van der Waals surface area contributed by atoms with Gasteiger partial charge >= 0.3 is 0 Å². The molecule has 7 heteroatoms. The molecular weight excluding hydrogens is 354 g/mol. The van der Waals surface area contributed by atoms with Gasteiger partial charge in [-0.2, -0.15) is 4.98 Å². The summed E-state index contributed by atoms with van der Waals surface area (Å²) in [6, 6.07) is 14.7. The molecule has 134 valence electrons. The lowest BCUT2D eigenvalue weighted by molar-refractivity contribution is -0.132. The molecule has 6 nitrogen and oxygen atoms in total. The van der Waals surface area contributed by atoms with Crippen molar-refractivity contribution in [1.82, 2.24) is 15.0 Å². The predicted molar refractivity (Wildman–Crippen MR) is 97.9 cm³/mol. The van der Waals surface area contributed by atoms with Crippen LogP contribution >= 0.6 is 11.6 Å². The molecule has 1 aromatic heterocycles. The number of carbonyl (C=O) groups excluding carboxylic acids is 1. The van der Waals surface area contributed by atoms with Crippen LogP contribution in [-0.4, -0.2) is 34.6 Å². The molecule has 0 fully saturated rings. The molecular formula is C19H18ClN3O3. The van der Waals surface area contributed by atoms with Crippen LogP contribution in [0.2, 0.25) is 5.02 Å². The molecule has 0 saturated carbocycles. The van der Waals surface area contributed by atoms with Crippen molar-refractivity contribution in [1.29, 1.82) is 0 Å². The van der Waals surface area contributed by atoms with Gasteiger partial charge in [-0.1, -0.05) is 52.7 Å². The molecule has 3 rings (SSSR count). The van der Waals surface area contributed by atoms with E-state index >= 15 is 0 Å². The van der Waals surface area contributed by atoms with E-state index in [1.54, 1.807) is 31.3 Å². The summed E-state index contributed by atoms with van der Waals surface area (Å²) in [5.41, 5.74) is 2.02. The monoisotopic (exact) mass is 371 g/mol. The Morgan fingerprint density at radius 3 is 2.73 bits per heavy atom. The molecule has 0 aliphatic heterocycles. The number of halogens is 1. The molecule has 0 aliphatic carbocycles. The van der Waals surface area contributed by atoms with E-state index in [0.717, 1.165) is 11.1 Å². The smallest absolute Gasteiger partial charge is 0.260 e. The van der Waals surface area contributed by atoms with Crippen LogP contribution in [-0.2, 0) is 11.3 Å². The van der Waals surface area contributed by atoms with Crippen LogP contribution in [0.15, 0.2) is 53.1 Å². The topological polar surface area (TPSA) is 68.5 Å². The first-order chi connectivity index (χ1) is 12.5. The zero-order valence-electron chi connectivity index (χ0n) is 14.5. The molecule has 0 spiro atoms. The lowest BCUT2D eigenvalue weighted by Crippen LogP contribution is -2.31. The van der Waals surface area contributed by atoms with E-state index in [-0.39, 0.29) is 19.1 Å². The van der Waals surface area contributed by atoms with Crippen LogP contribution in [0.4, 0.5) is 0 Å². The Labute approximate surface area is 156 Å². The largest absolute Gasteiger partial charge is 0.484 e. The fraction of sp³-hybridized carbons (Fsp3) is 0.211. The molecule has 2 aromatic carbocycles. The number of aryl methyl sites for hydroxylation is 1. The maximum Gasteiger partial charge on any atom is 0.260 e. The lowest BCUT2D eigenvalue weighted by Gasteiger charge is -2.15. The second-order valence-corrected chi connectivity index (χ2v) is 6.31. The zero-order chi connectivity index (χ0) is 18.5. The van der Waals surface area contributed by atoms with Crippen molar-refractivity contribution in [3.8, 4) is 17.1 Å². The normalized spacial score (nSPS) is 10.6. The Bertz CT molecular complexity index is 893. The molecule has 1 heterocycles. The number of hydrogen-bond donors (Lipinski definition) is 0. The first-order valence-electron chi connectivity index (χ1n) is 8.03. The van der Waals surface area contributed by atoms with Crippen molar-refractivity contribution in [2.45, 2.75) is 13.5 Å². The fourth-order valence-electron chi connectivity index (χ4n) is 2.24. The molecule has 0 atom stereocenters. The summed E-state index contributed by atoms with van der Waals surface area (Å²) in [4.78, 5) is 18.0. The van der Waals surface area contributed by atoms with Gasteiger partial charge in [-0.3, -0.25) is 4.79 Å². The quantitative estimate of drug-likeness (QED) is 0.660. The second kappa shape index (κ2) is 8.01. The molecule has 0 aliphatic rings. The maximum atomic E-state index is 12.2. The highest BCUT2D eigenvalue weighted by Crippen LogP contribution is 2.18. The van der Waals surface area contributed by atoms with Crippen molar-refractivity contribution >= 4 is 17.5 Å². The van der Waals surface area contributed by atoms with Gasteiger partial charge in [-0.15, -0.1) is 0 Å². The minimum atomic E-state index is -0.208. The number of benzene rings is 2. The molecule has 0 unspecified atom stereocenters. The number of carbonyl (C=O) groups is 1. The Kier molecular flexibility index (Phi) is 5.53. The van der Waals surface area contributed by atoms with Gasteiger partial charge in [0.15, 0.2) is 6.61 Å². The van der Waals surface area contributed by atoms with E-state index < -0.39 is 0 Å². The van der Waals surface area contributed by atoms with Gasteiger partial charge in [-0.25, -0.2) is 0 Å². The third-order valence-electron chi connectivity index (χ3n) is 3.73. The van der Waals surface area contributed by atoms with E-state index in [0.29, 0.717) is 22.5 Å². The SMILES string of the molecule is Cc1ccc(-c2noc(CN(C)C(=O)COc3cccc(Cl)c3)n2)cc1. The van der Waals surface area contributed by atoms with Gasteiger partial charge in [0, 0.05) is 17.6 Å². The zero-order valence-corrected chi connectivity index (χ0v) is 15.2. The lowest BCUT2D eigenvalue weighted by atomic mass is 10.1. The van der Waals surface area contributed by atoms with Crippen LogP contribution in [0.1, 0.15) is 11.5 Å². The summed E-state index contributed by atoms with van der Waals surface area (Å²) in [5, 5.41) is 4.52. The predicted octanol–water partition coefficient (Wildman–Crippen LogP) is 3.74. The van der Waals surface area contributed by atoms with Gasteiger partial charge in [0.05, 0.1) is 6.54 Å². The molecule has 1 amide bonds. The van der Waals surface area contributed by atoms with Crippen molar-refractivity contribution in [3.05, 3.63) is 65.0 Å². The number of nitrogens with zero attached hydrogens (tertiary/aromatic N) is 3. The average Bonchev–Trinajstić information content (AvgIpc) is 3.08. The van der Waals surface area contributed by atoms with Gasteiger partial charge in [0.25, 0.3) is 5.91 Å². The Hall–Kier alpha value is -2.86. The van der Waals surface area contributed by atoms with E-state index in [2.05, 4.69) is 10.1 Å². The van der Waals surface area contributed by atoms with E-state index in [1.807, 2.05) is 31.2 Å². The number of likely N-dealkylation sites (N-methyl/N-ethyl adjacent to an activating group) is 1. The molecule has 0 N–H and O–H groups in total. The Morgan fingerprint density at radius 1 is 1.23 bits per heavy atom. The van der Waals surface area contributed by atoms with Crippen molar-refractivity contribution in [3.63, 3.8) is 0 Å². The minimum absolute atomic E-state index is 0.101. The maximum absolute atomic E-state index is 12.2. The van der Waals surface area contributed by atoms with E-state index in [1.165, 1.54) is 4.90 Å². The number of ether oxygens (including phenoxy) is 1. The van der Waals surface area contributed by atoms with Crippen molar-refractivity contribution in [2.75, 3.05) is 13.7 Å². The standard InChI is InChI=1S/C19H18ClN3O3/c1-13-6-8-14(9-7-13)19-21-17(26-22-19)11-23(2)18(24)12-25-16-5-3-4-15(20)10-16/h3-10H,11-12H2,1-2H3. The number of rotatable bonds is 6. The third-order valence-corrected chi connectivity index (χ3v) is 3.97. The molecule has 0 radical (unpaired) electrons. The molecule has 3 aromatic rings. The first-order valence-corrected chi connectivity index (χ1v) is 8.41. The third kappa shape index (κ3) is 4.61. The summed E-state index contributed by atoms with van der Waals surface area (Å²) in [6.07, 6.45) is 0. The van der Waals surface area contributed by atoms with Crippen LogP contribution < -0.4 is 4.74 Å². The van der Waals surface area contributed by atoms with Gasteiger partial charge < -0.3 is 14.2 Å². The van der Waals surface area contributed by atoms with E-state index in [4.69, 9.17) is 20.9 Å². The number of amides is 1. The van der Waals surface area contributed by atoms with Crippen molar-refractivity contribution < 1.29 is 14.1 Å². The summed E-state index contributed by atoms with van der Waals surface area (Å²) >= 11 is 5.89. The summed E-state index contributed by atoms with van der Waals surface area (Å²) in [7, 11) is 1.65. The average molecular weight is 372 g/mol. The van der Waals surface area contributed by atoms with Crippen LogP contribution in [0.3, 0.4) is 0 Å². The number of aromatic nitrogens is 2. The van der Waals surface area contributed by atoms with Gasteiger partial charge in [0.1, 0.15) is 5.75 Å². The van der Waals surface area contributed by atoms with E-state index in [9.17, 15) is 4.79 Å². The fourth-order valence-corrected chi connectivity index (χ4v) is 2.42. The van der Waals surface area contributed by atoms with Crippen LogP contribution in [0, 0.1) is 6.92 Å². The molecule has 0 bridgehead atoms. The molecule has 0 saturated heterocycles. The minimum Gasteiger partial charge on any atom is -0.484 e. The summed E-state index contributed by atoms with van der Waals surface area (Å²) in [5.74, 6) is 1.19. The Morgan fingerprint density at radius 2 is 2.00 bits per heavy atom. The van der Waals surface area contributed by atoms with Crippen LogP contribution in [0.5, 0.6) is 5.75 Å². The highest BCUT2D eigenvalue weighted by molar-refractivity contribution is 6.30. The first kappa shape index (κ1) is 17.9. The Balaban J connectivity index is 1.56. The van der Waals surface area contributed by atoms with Crippen molar-refractivity contribution in [2.24, 2.45) is 0 Å². The van der Waals surface area contributed by atoms with Gasteiger partial charge in [0.2, 0.25) is 11.7 Å². The number of hydrogen-bond acceptors (Lipinski definition) is 5. The van der Waals surface area contributed by atoms with Gasteiger partial charge in [-0.05, 0) is 25.1 Å². The highest BCUT2D eigenvalue weighted by atomic mass is 35.5. The summed E-state index contributed by atoms with van der Waals surface area (Å²) < 4.78 is 10.7.